The van der Waals surface area contributed by atoms with Crippen LogP contribution in [0.1, 0.15) is 60.3 Å². The summed E-state index contributed by atoms with van der Waals surface area (Å²) in [7, 11) is 0. The molecule has 0 aromatic carbocycles. The highest BCUT2D eigenvalue weighted by Gasteiger charge is 2.36. The fourth-order valence-electron chi connectivity index (χ4n) is 3.16. The highest BCUT2D eigenvalue weighted by molar-refractivity contribution is 5.96. The Labute approximate surface area is 177 Å². The summed E-state index contributed by atoms with van der Waals surface area (Å²) in [6.45, 7) is 18.8. The fourth-order valence-corrected chi connectivity index (χ4v) is 3.16. The lowest BCUT2D eigenvalue weighted by Gasteiger charge is -2.37. The van der Waals surface area contributed by atoms with E-state index in [1.807, 2.05) is 26.0 Å². The molecule has 2 rings (SSSR count). The number of carbonyl (C=O) groups excluding carboxylic acids is 1. The smallest absolute Gasteiger partial charge is 0.177 e. The summed E-state index contributed by atoms with van der Waals surface area (Å²) in [6.07, 6.45) is 9.15. The maximum atomic E-state index is 11.8. The van der Waals surface area contributed by atoms with Crippen LogP contribution in [0.15, 0.2) is 59.3 Å². The largest absolute Gasteiger partial charge is 0.349 e. The highest BCUT2D eigenvalue weighted by atomic mass is 16.7. The topological polar surface area (TPSA) is 61.5 Å². The zero-order valence-electron chi connectivity index (χ0n) is 18.9. The molecule has 4 nitrogen and oxygen atoms in total. The molecule has 0 fully saturated rings. The molecule has 0 bridgehead atoms. The van der Waals surface area contributed by atoms with Crippen LogP contribution < -0.4 is 5.73 Å². The number of carbonyl (C=O) groups is 1. The number of ether oxygens (including phenoxy) is 2. The van der Waals surface area contributed by atoms with E-state index in [2.05, 4.69) is 40.0 Å². The van der Waals surface area contributed by atoms with E-state index in [1.165, 1.54) is 11.1 Å². The molecule has 1 aliphatic carbocycles. The molecule has 0 saturated carbocycles. The van der Waals surface area contributed by atoms with Crippen LogP contribution in [0.5, 0.6) is 0 Å². The first-order chi connectivity index (χ1) is 13.6. The molecule has 0 amide bonds. The zero-order chi connectivity index (χ0) is 22.0. The van der Waals surface area contributed by atoms with Crippen LogP contribution in [-0.4, -0.2) is 31.3 Å². The van der Waals surface area contributed by atoms with E-state index in [-0.39, 0.29) is 24.1 Å². The number of hydrogen-bond acceptors (Lipinski definition) is 4. The van der Waals surface area contributed by atoms with Gasteiger partial charge in [0.1, 0.15) is 0 Å². The number of allylic oxidation sites excluding steroid dienone is 4. The number of nitrogens with two attached hydrogens (primary N) is 1. The second kappa shape index (κ2) is 12.7. The van der Waals surface area contributed by atoms with Crippen molar-refractivity contribution in [2.45, 2.75) is 72.7 Å². The van der Waals surface area contributed by atoms with Gasteiger partial charge in [0, 0.05) is 18.9 Å². The Kier molecular flexibility index (Phi) is 11.1. The molecule has 29 heavy (non-hydrogen) atoms. The number of Topliss-reactive ketones (excluding diaryl/α,β-unsaturated/α-hetero) is 1. The Morgan fingerprint density at radius 1 is 1.21 bits per heavy atom. The van der Waals surface area contributed by atoms with E-state index in [9.17, 15) is 4.79 Å². The minimum Gasteiger partial charge on any atom is -0.349 e. The number of rotatable bonds is 8. The molecule has 0 radical (unpaired) electrons. The molecular weight excluding hydrogens is 362 g/mol. The third-order valence-electron chi connectivity index (χ3n) is 4.94. The third kappa shape index (κ3) is 9.53. The molecule has 3 atom stereocenters. The molecule has 0 aromatic rings. The van der Waals surface area contributed by atoms with Gasteiger partial charge in [-0.1, -0.05) is 22.8 Å². The number of hydrogen-bond donors (Lipinski definition) is 1. The average Bonchev–Trinajstić information content (AvgIpc) is 2.62. The van der Waals surface area contributed by atoms with Crippen molar-refractivity contribution in [1.82, 2.24) is 0 Å². The molecule has 2 aliphatic rings. The van der Waals surface area contributed by atoms with Gasteiger partial charge in [0.2, 0.25) is 0 Å². The van der Waals surface area contributed by atoms with Gasteiger partial charge in [-0.2, -0.15) is 0 Å². The van der Waals surface area contributed by atoms with Gasteiger partial charge in [0.15, 0.2) is 12.1 Å². The van der Waals surface area contributed by atoms with Crippen LogP contribution in [0, 0.1) is 5.92 Å². The zero-order valence-corrected chi connectivity index (χ0v) is 18.9. The van der Waals surface area contributed by atoms with Gasteiger partial charge in [-0.05, 0) is 77.2 Å². The SMILES string of the molecule is C=C(C)CCC=C(C)C.C=C(C)CCOC1C=C(CN)C2CC(=O)C(C)=CC2O1. The van der Waals surface area contributed by atoms with Crippen molar-refractivity contribution in [1.29, 1.82) is 0 Å². The second-order valence-electron chi connectivity index (χ2n) is 8.35. The monoisotopic (exact) mass is 401 g/mol. The van der Waals surface area contributed by atoms with Crippen LogP contribution in [0.25, 0.3) is 0 Å². The minimum atomic E-state index is -0.383. The minimum absolute atomic E-state index is 0.0668. The summed E-state index contributed by atoms with van der Waals surface area (Å²) in [5.41, 5.74) is 11.4. The molecule has 1 aliphatic heterocycles. The molecule has 0 spiro atoms. The van der Waals surface area contributed by atoms with Crippen molar-refractivity contribution in [3.63, 3.8) is 0 Å². The van der Waals surface area contributed by atoms with Crippen LogP contribution in [0.4, 0.5) is 0 Å². The van der Waals surface area contributed by atoms with Crippen molar-refractivity contribution >= 4 is 5.78 Å². The Hall–Kier alpha value is -1.75. The molecule has 1 heterocycles. The maximum Gasteiger partial charge on any atom is 0.177 e. The predicted octanol–water partition coefficient (Wildman–Crippen LogP) is 5.42. The van der Waals surface area contributed by atoms with Crippen LogP contribution >= 0.6 is 0 Å². The first kappa shape index (κ1) is 25.3. The van der Waals surface area contributed by atoms with Gasteiger partial charge < -0.3 is 15.2 Å². The molecule has 162 valence electrons. The van der Waals surface area contributed by atoms with E-state index in [0.29, 0.717) is 19.6 Å². The highest BCUT2D eigenvalue weighted by Crippen LogP contribution is 2.34. The lowest BCUT2D eigenvalue weighted by atomic mass is 9.80. The summed E-state index contributed by atoms with van der Waals surface area (Å²) >= 11 is 0. The molecular formula is C25H39NO3. The van der Waals surface area contributed by atoms with Crippen molar-refractivity contribution in [2.75, 3.05) is 13.2 Å². The third-order valence-corrected chi connectivity index (χ3v) is 4.94. The number of ketones is 1. The average molecular weight is 402 g/mol. The lowest BCUT2D eigenvalue weighted by molar-refractivity contribution is -0.152. The molecule has 3 unspecified atom stereocenters. The van der Waals surface area contributed by atoms with Crippen LogP contribution in [0.2, 0.25) is 0 Å². The summed E-state index contributed by atoms with van der Waals surface area (Å²) < 4.78 is 11.6. The van der Waals surface area contributed by atoms with Gasteiger partial charge >= 0.3 is 0 Å². The first-order valence-electron chi connectivity index (χ1n) is 10.5. The van der Waals surface area contributed by atoms with E-state index in [1.54, 1.807) is 0 Å². The van der Waals surface area contributed by atoms with E-state index in [4.69, 9.17) is 15.2 Å². The molecule has 4 heteroatoms. The summed E-state index contributed by atoms with van der Waals surface area (Å²) in [6, 6.07) is 0. The quantitative estimate of drug-likeness (QED) is 0.551. The van der Waals surface area contributed by atoms with E-state index < -0.39 is 0 Å². The van der Waals surface area contributed by atoms with Crippen molar-refractivity contribution in [3.8, 4) is 0 Å². The van der Waals surface area contributed by atoms with Crippen molar-refractivity contribution < 1.29 is 14.3 Å². The van der Waals surface area contributed by atoms with Gasteiger partial charge in [-0.3, -0.25) is 4.79 Å². The molecule has 0 aromatic heterocycles. The Morgan fingerprint density at radius 3 is 2.41 bits per heavy atom. The normalized spacial score (nSPS) is 23.1. The fraction of sp³-hybridized carbons (Fsp3) is 0.560. The molecule has 2 N–H and O–H groups in total. The van der Waals surface area contributed by atoms with Gasteiger partial charge in [0.05, 0.1) is 12.7 Å². The Morgan fingerprint density at radius 2 is 1.86 bits per heavy atom. The standard InChI is InChI=1S/C16H23NO3.C9H16/c1-10(2)4-5-19-16-7-12(9-17)13-8-14(18)11(3)6-15(13)20-16;1-8(2)6-5-7-9(3)4/h6-7,13,15-16H,1,4-5,8-9,17H2,2-3H3;7H,1,5-6H2,2-4H3. The summed E-state index contributed by atoms with van der Waals surface area (Å²) in [4.78, 5) is 11.8. The number of fused-ring (bicyclic) bond motifs is 1. The predicted molar refractivity (Wildman–Crippen MR) is 122 cm³/mol. The molecule has 0 saturated heterocycles. The first-order valence-corrected chi connectivity index (χ1v) is 10.5. The van der Waals surface area contributed by atoms with Gasteiger partial charge in [-0.15, -0.1) is 13.2 Å². The van der Waals surface area contributed by atoms with Crippen LogP contribution in [0.3, 0.4) is 0 Å². The van der Waals surface area contributed by atoms with Gasteiger partial charge in [0.25, 0.3) is 0 Å². The van der Waals surface area contributed by atoms with Gasteiger partial charge in [-0.25, -0.2) is 0 Å². The maximum absolute atomic E-state index is 11.8. The van der Waals surface area contributed by atoms with E-state index in [0.717, 1.165) is 36.0 Å². The van der Waals surface area contributed by atoms with Crippen LogP contribution in [-0.2, 0) is 14.3 Å². The Balaban J connectivity index is 0.000000396. The van der Waals surface area contributed by atoms with E-state index >= 15 is 0 Å². The van der Waals surface area contributed by atoms with Crippen molar-refractivity contribution in [3.05, 3.63) is 59.3 Å². The second-order valence-corrected chi connectivity index (χ2v) is 8.35. The summed E-state index contributed by atoms with van der Waals surface area (Å²) in [5, 5.41) is 0. The summed E-state index contributed by atoms with van der Waals surface area (Å²) in [5.74, 6) is 0.244. The lowest BCUT2D eigenvalue weighted by Crippen LogP contribution is -2.40. The Bertz CT molecular complexity index is 680. The van der Waals surface area contributed by atoms with Crippen molar-refractivity contribution in [2.24, 2.45) is 11.7 Å².